The van der Waals surface area contributed by atoms with Gasteiger partial charge in [-0.3, -0.25) is 9.48 Å². The molecule has 1 aromatic heterocycles. The maximum atomic E-state index is 11.7. The average Bonchev–Trinajstić information content (AvgIpc) is 2.74. The Kier molecular flexibility index (Phi) is 2.96. The number of carbonyl (C=O) groups is 1. The summed E-state index contributed by atoms with van der Waals surface area (Å²) in [5.41, 5.74) is 1.62. The molecule has 16 heavy (non-hydrogen) atoms. The molecule has 0 saturated carbocycles. The van der Waals surface area contributed by atoms with Crippen LogP contribution in [-0.2, 0) is 7.05 Å². The summed E-state index contributed by atoms with van der Waals surface area (Å²) < 4.78 is 1.61. The number of aryl methyl sites for hydroxylation is 1. The number of nitrogens with zero attached hydrogens (tertiary/aromatic N) is 2. The Morgan fingerprint density at radius 3 is 2.69 bits per heavy atom. The first-order chi connectivity index (χ1) is 7.75. The SMILES string of the molecule is Cn1cc(C(=O)/C=C\c2ccccc2)cn1. The van der Waals surface area contributed by atoms with Crippen molar-refractivity contribution in [1.82, 2.24) is 9.78 Å². The van der Waals surface area contributed by atoms with Gasteiger partial charge in [-0.2, -0.15) is 5.10 Å². The summed E-state index contributed by atoms with van der Waals surface area (Å²) in [5.74, 6) is -0.0306. The molecular formula is C13H12N2O. The third kappa shape index (κ3) is 2.45. The monoisotopic (exact) mass is 212 g/mol. The predicted molar refractivity (Wildman–Crippen MR) is 63.0 cm³/mol. The van der Waals surface area contributed by atoms with E-state index in [0.29, 0.717) is 5.56 Å². The van der Waals surface area contributed by atoms with Gasteiger partial charge in [0, 0.05) is 13.2 Å². The minimum absolute atomic E-state index is 0.0306. The van der Waals surface area contributed by atoms with Crippen molar-refractivity contribution in [1.29, 1.82) is 0 Å². The molecule has 1 heterocycles. The molecular weight excluding hydrogens is 200 g/mol. The van der Waals surface area contributed by atoms with Crippen molar-refractivity contribution in [2.24, 2.45) is 7.05 Å². The second kappa shape index (κ2) is 4.57. The van der Waals surface area contributed by atoms with Gasteiger partial charge in [-0.15, -0.1) is 0 Å². The molecule has 0 radical (unpaired) electrons. The Balaban J connectivity index is 2.11. The van der Waals surface area contributed by atoms with Gasteiger partial charge in [-0.1, -0.05) is 36.4 Å². The molecule has 3 nitrogen and oxygen atoms in total. The van der Waals surface area contributed by atoms with Crippen LogP contribution < -0.4 is 0 Å². The molecule has 0 aliphatic heterocycles. The normalized spacial score (nSPS) is 10.8. The second-order valence-corrected chi connectivity index (χ2v) is 3.51. The largest absolute Gasteiger partial charge is 0.289 e. The maximum absolute atomic E-state index is 11.7. The van der Waals surface area contributed by atoms with Crippen molar-refractivity contribution < 1.29 is 4.79 Å². The predicted octanol–water partition coefficient (Wildman–Crippen LogP) is 2.32. The van der Waals surface area contributed by atoms with Crippen LogP contribution in [0.15, 0.2) is 48.8 Å². The highest BCUT2D eigenvalue weighted by atomic mass is 16.1. The highest BCUT2D eigenvalue weighted by Crippen LogP contribution is 2.04. The van der Waals surface area contributed by atoms with E-state index in [1.807, 2.05) is 30.3 Å². The van der Waals surface area contributed by atoms with Crippen LogP contribution >= 0.6 is 0 Å². The van der Waals surface area contributed by atoms with E-state index in [1.54, 1.807) is 36.3 Å². The van der Waals surface area contributed by atoms with Gasteiger partial charge in [-0.25, -0.2) is 0 Å². The summed E-state index contributed by atoms with van der Waals surface area (Å²) >= 11 is 0. The summed E-state index contributed by atoms with van der Waals surface area (Å²) in [6, 6.07) is 9.72. The lowest BCUT2D eigenvalue weighted by molar-refractivity contribution is 0.104. The van der Waals surface area contributed by atoms with Crippen LogP contribution in [0.4, 0.5) is 0 Å². The van der Waals surface area contributed by atoms with Crippen LogP contribution in [0.25, 0.3) is 6.08 Å². The number of benzene rings is 1. The van der Waals surface area contributed by atoms with Crippen LogP contribution in [0.2, 0.25) is 0 Å². The molecule has 0 spiro atoms. The molecule has 0 bridgehead atoms. The number of ketones is 1. The smallest absolute Gasteiger partial charge is 0.189 e. The Morgan fingerprint density at radius 1 is 1.31 bits per heavy atom. The number of hydrogen-bond acceptors (Lipinski definition) is 2. The minimum Gasteiger partial charge on any atom is -0.289 e. The summed E-state index contributed by atoms with van der Waals surface area (Å²) in [7, 11) is 1.79. The molecule has 0 fully saturated rings. The molecule has 80 valence electrons. The van der Waals surface area contributed by atoms with Crippen LogP contribution in [0.5, 0.6) is 0 Å². The molecule has 0 saturated heterocycles. The van der Waals surface area contributed by atoms with Gasteiger partial charge in [0.2, 0.25) is 0 Å². The summed E-state index contributed by atoms with van der Waals surface area (Å²) in [4.78, 5) is 11.7. The van der Waals surface area contributed by atoms with Crippen LogP contribution in [-0.4, -0.2) is 15.6 Å². The lowest BCUT2D eigenvalue weighted by Gasteiger charge is -1.91. The number of carbonyl (C=O) groups excluding carboxylic acids is 1. The van der Waals surface area contributed by atoms with E-state index in [-0.39, 0.29) is 5.78 Å². The molecule has 0 N–H and O–H groups in total. The topological polar surface area (TPSA) is 34.9 Å². The van der Waals surface area contributed by atoms with Gasteiger partial charge in [-0.05, 0) is 11.6 Å². The molecule has 0 amide bonds. The Hall–Kier alpha value is -2.16. The summed E-state index contributed by atoms with van der Waals surface area (Å²) in [5, 5.41) is 3.95. The molecule has 1 aromatic carbocycles. The number of hydrogen-bond donors (Lipinski definition) is 0. The number of aromatic nitrogens is 2. The number of rotatable bonds is 3. The third-order valence-electron chi connectivity index (χ3n) is 2.22. The highest BCUT2D eigenvalue weighted by Gasteiger charge is 2.02. The van der Waals surface area contributed by atoms with Crippen LogP contribution in [0, 0.1) is 0 Å². The molecule has 2 rings (SSSR count). The first kappa shape index (κ1) is 10.4. The zero-order valence-electron chi connectivity index (χ0n) is 9.00. The Bertz CT molecular complexity index is 512. The van der Waals surface area contributed by atoms with E-state index >= 15 is 0 Å². The molecule has 0 unspecified atom stereocenters. The van der Waals surface area contributed by atoms with Crippen molar-refractivity contribution in [2.45, 2.75) is 0 Å². The first-order valence-corrected chi connectivity index (χ1v) is 5.02. The third-order valence-corrected chi connectivity index (χ3v) is 2.22. The van der Waals surface area contributed by atoms with Crippen molar-refractivity contribution in [3.63, 3.8) is 0 Å². The Morgan fingerprint density at radius 2 is 2.06 bits per heavy atom. The van der Waals surface area contributed by atoms with E-state index in [9.17, 15) is 4.79 Å². The van der Waals surface area contributed by atoms with E-state index in [2.05, 4.69) is 5.10 Å². The van der Waals surface area contributed by atoms with Crippen molar-refractivity contribution in [3.8, 4) is 0 Å². The lowest BCUT2D eigenvalue weighted by atomic mass is 10.1. The zero-order valence-corrected chi connectivity index (χ0v) is 9.00. The quantitative estimate of drug-likeness (QED) is 0.578. The molecule has 0 atom stereocenters. The van der Waals surface area contributed by atoms with Gasteiger partial charge in [0.15, 0.2) is 5.78 Å². The van der Waals surface area contributed by atoms with E-state index in [0.717, 1.165) is 5.56 Å². The fourth-order valence-electron chi connectivity index (χ4n) is 1.38. The number of allylic oxidation sites excluding steroid dienone is 1. The van der Waals surface area contributed by atoms with Crippen LogP contribution in [0.1, 0.15) is 15.9 Å². The molecule has 2 aromatic rings. The zero-order chi connectivity index (χ0) is 11.4. The fourth-order valence-corrected chi connectivity index (χ4v) is 1.38. The second-order valence-electron chi connectivity index (χ2n) is 3.51. The minimum atomic E-state index is -0.0306. The van der Waals surface area contributed by atoms with Crippen molar-refractivity contribution in [3.05, 3.63) is 59.9 Å². The van der Waals surface area contributed by atoms with E-state index < -0.39 is 0 Å². The summed E-state index contributed by atoms with van der Waals surface area (Å²) in [6.45, 7) is 0. The van der Waals surface area contributed by atoms with E-state index in [1.165, 1.54) is 0 Å². The molecule has 0 aliphatic carbocycles. The highest BCUT2D eigenvalue weighted by molar-refractivity contribution is 6.06. The summed E-state index contributed by atoms with van der Waals surface area (Å²) in [6.07, 6.45) is 6.64. The van der Waals surface area contributed by atoms with Crippen molar-refractivity contribution in [2.75, 3.05) is 0 Å². The van der Waals surface area contributed by atoms with Gasteiger partial charge < -0.3 is 0 Å². The van der Waals surface area contributed by atoms with Gasteiger partial charge in [0.05, 0.1) is 11.8 Å². The van der Waals surface area contributed by atoms with Crippen LogP contribution in [0.3, 0.4) is 0 Å². The standard InChI is InChI=1S/C13H12N2O/c1-15-10-12(9-14-15)13(16)8-7-11-5-3-2-4-6-11/h2-10H,1H3/b8-7-. The molecule has 0 aliphatic rings. The fraction of sp³-hybridized carbons (Fsp3) is 0.0769. The Labute approximate surface area is 94.0 Å². The van der Waals surface area contributed by atoms with Gasteiger partial charge in [0.25, 0.3) is 0 Å². The average molecular weight is 212 g/mol. The first-order valence-electron chi connectivity index (χ1n) is 5.02. The van der Waals surface area contributed by atoms with Gasteiger partial charge in [0.1, 0.15) is 0 Å². The lowest BCUT2D eigenvalue weighted by Crippen LogP contribution is -1.91. The van der Waals surface area contributed by atoms with Gasteiger partial charge >= 0.3 is 0 Å². The molecule has 3 heteroatoms. The maximum Gasteiger partial charge on any atom is 0.189 e. The van der Waals surface area contributed by atoms with E-state index in [4.69, 9.17) is 0 Å². The van der Waals surface area contributed by atoms with Crippen molar-refractivity contribution >= 4 is 11.9 Å².